The Morgan fingerprint density at radius 3 is 1.90 bits per heavy atom. The van der Waals surface area contributed by atoms with Gasteiger partial charge in [-0.2, -0.15) is 5.26 Å². The van der Waals surface area contributed by atoms with Crippen LogP contribution in [-0.2, 0) is 4.57 Å². The van der Waals surface area contributed by atoms with E-state index in [0.29, 0.717) is 11.9 Å². The molecule has 0 amide bonds. The first kappa shape index (κ1) is 17.5. The quantitative estimate of drug-likeness (QED) is 0.226. The Balaban J connectivity index is -0.000000245. The minimum Gasteiger partial charge on any atom is -0.808 e. The van der Waals surface area contributed by atoms with Crippen LogP contribution in [0.2, 0.25) is 0 Å². The molecule has 0 aliphatic rings. The number of allylic oxidation sites excluding steroid dienone is 1. The molecule has 0 aromatic rings. The van der Waals surface area contributed by atoms with Crippen LogP contribution in [0.15, 0.2) is 11.9 Å². The summed E-state index contributed by atoms with van der Waals surface area (Å²) in [5.74, 6) is 0.326. The van der Waals surface area contributed by atoms with Gasteiger partial charge in [0, 0.05) is 6.08 Å². The summed E-state index contributed by atoms with van der Waals surface area (Å²) in [6.07, 6.45) is 0.626. The van der Waals surface area contributed by atoms with Gasteiger partial charge in [-0.3, -0.25) is 0 Å². The van der Waals surface area contributed by atoms with Crippen molar-refractivity contribution >= 4 is 7.60 Å². The summed E-state index contributed by atoms with van der Waals surface area (Å²) in [5, 5.41) is 7.69. The fourth-order valence-corrected chi connectivity index (χ4v) is 0.374. The van der Waals surface area contributed by atoms with Crippen molar-refractivity contribution in [2.24, 2.45) is 0 Å². The SMILES string of the molecule is N#CC=CP(=O)([O-])[O-].[Na+].[Na+]. The molecular formula is C3H2NNa2O3P. The van der Waals surface area contributed by atoms with E-state index in [0.717, 1.165) is 0 Å². The zero-order valence-corrected chi connectivity index (χ0v) is 10.7. The van der Waals surface area contributed by atoms with Gasteiger partial charge >= 0.3 is 59.1 Å². The molecule has 0 saturated heterocycles. The van der Waals surface area contributed by atoms with Crippen LogP contribution in [-0.4, -0.2) is 0 Å². The van der Waals surface area contributed by atoms with Gasteiger partial charge in [0.2, 0.25) is 0 Å². The molecule has 10 heavy (non-hydrogen) atoms. The van der Waals surface area contributed by atoms with Gasteiger partial charge in [0.05, 0.1) is 6.07 Å². The second-order valence-electron chi connectivity index (χ2n) is 0.985. The van der Waals surface area contributed by atoms with Crippen LogP contribution in [0.4, 0.5) is 0 Å². The van der Waals surface area contributed by atoms with Gasteiger partial charge in [-0.1, -0.05) is 0 Å². The first-order chi connectivity index (χ1) is 3.56. The first-order valence-corrected chi connectivity index (χ1v) is 3.26. The van der Waals surface area contributed by atoms with Crippen molar-refractivity contribution in [2.45, 2.75) is 0 Å². The molecular weight excluding hydrogens is 175 g/mol. The standard InChI is InChI=1S/C3H4NO3P.2Na/c4-2-1-3-8(5,6)7;;/h1,3H,(H2,5,6,7);;/q;2*+1/p-2. The van der Waals surface area contributed by atoms with E-state index < -0.39 is 7.60 Å². The Labute approximate surface area is 103 Å². The van der Waals surface area contributed by atoms with Gasteiger partial charge in [0.15, 0.2) is 0 Å². The van der Waals surface area contributed by atoms with E-state index in [1.54, 1.807) is 0 Å². The molecule has 0 bridgehead atoms. The second kappa shape index (κ2) is 8.48. The zero-order valence-electron chi connectivity index (χ0n) is 5.77. The molecule has 0 N–H and O–H groups in total. The van der Waals surface area contributed by atoms with Crippen LogP contribution in [0.1, 0.15) is 0 Å². The number of hydrogen-bond acceptors (Lipinski definition) is 4. The zero-order chi connectivity index (χ0) is 6.62. The monoisotopic (exact) mass is 177 g/mol. The van der Waals surface area contributed by atoms with Crippen molar-refractivity contribution in [2.75, 3.05) is 0 Å². The van der Waals surface area contributed by atoms with Gasteiger partial charge in [-0.05, 0) is 13.4 Å². The van der Waals surface area contributed by atoms with E-state index in [4.69, 9.17) is 5.26 Å². The fourth-order valence-electron chi connectivity index (χ4n) is 0.125. The number of nitrogens with zero attached hydrogens (tertiary/aromatic N) is 1. The molecule has 0 aromatic heterocycles. The van der Waals surface area contributed by atoms with E-state index in [2.05, 4.69) is 0 Å². The predicted octanol–water partition coefficient (Wildman–Crippen LogP) is -7.05. The van der Waals surface area contributed by atoms with Gasteiger partial charge in [-0.25, -0.2) is 0 Å². The third-order valence-electron chi connectivity index (χ3n) is 0.332. The molecule has 0 fully saturated rings. The van der Waals surface area contributed by atoms with Crippen molar-refractivity contribution in [3.8, 4) is 6.07 Å². The maximum atomic E-state index is 9.62. The molecule has 0 saturated carbocycles. The van der Waals surface area contributed by atoms with Crippen molar-refractivity contribution in [3.63, 3.8) is 0 Å². The minimum atomic E-state index is -4.59. The Morgan fingerprint density at radius 2 is 1.80 bits per heavy atom. The van der Waals surface area contributed by atoms with Crippen LogP contribution < -0.4 is 68.9 Å². The van der Waals surface area contributed by atoms with E-state index in [1.807, 2.05) is 0 Å². The van der Waals surface area contributed by atoms with E-state index in [9.17, 15) is 14.4 Å². The molecule has 0 aromatic carbocycles. The number of rotatable bonds is 1. The molecule has 0 aliphatic carbocycles. The average Bonchev–Trinajstić information content (AvgIpc) is 1.59. The Bertz CT molecular complexity index is 181. The molecule has 0 unspecified atom stereocenters. The van der Waals surface area contributed by atoms with E-state index in [1.165, 1.54) is 6.07 Å². The molecule has 0 aliphatic heterocycles. The van der Waals surface area contributed by atoms with E-state index in [-0.39, 0.29) is 59.1 Å². The van der Waals surface area contributed by atoms with Crippen molar-refractivity contribution < 1.29 is 73.5 Å². The smallest absolute Gasteiger partial charge is 0.808 e. The second-order valence-corrected chi connectivity index (χ2v) is 2.36. The number of hydrogen-bond donors (Lipinski definition) is 0. The fraction of sp³-hybridized carbons (Fsp3) is 0. The first-order valence-electron chi connectivity index (χ1n) is 1.65. The van der Waals surface area contributed by atoms with Gasteiger partial charge in [-0.15, -0.1) is 0 Å². The van der Waals surface area contributed by atoms with Crippen molar-refractivity contribution in [1.82, 2.24) is 0 Å². The molecule has 0 heterocycles. The van der Waals surface area contributed by atoms with Crippen LogP contribution >= 0.6 is 7.60 Å². The largest absolute Gasteiger partial charge is 1.00 e. The van der Waals surface area contributed by atoms with Crippen LogP contribution in [0, 0.1) is 11.3 Å². The summed E-state index contributed by atoms with van der Waals surface area (Å²) in [4.78, 5) is 19.2. The maximum absolute atomic E-state index is 9.62. The number of nitriles is 1. The van der Waals surface area contributed by atoms with E-state index >= 15 is 0 Å². The summed E-state index contributed by atoms with van der Waals surface area (Å²) in [6, 6.07) is 1.37. The normalized spacial score (nSPS) is 9.30. The molecule has 0 spiro atoms. The average molecular weight is 177 g/mol. The third kappa shape index (κ3) is 16.2. The Hall–Kier alpha value is 1.38. The summed E-state index contributed by atoms with van der Waals surface area (Å²) in [5.41, 5.74) is 0. The van der Waals surface area contributed by atoms with Gasteiger partial charge in [0.25, 0.3) is 0 Å². The van der Waals surface area contributed by atoms with Crippen molar-refractivity contribution in [3.05, 3.63) is 11.9 Å². The van der Waals surface area contributed by atoms with Gasteiger partial charge in [0.1, 0.15) is 0 Å². The molecule has 0 atom stereocenters. The molecule has 7 heteroatoms. The molecule has 4 nitrogen and oxygen atoms in total. The topological polar surface area (TPSA) is 87.0 Å². The summed E-state index contributed by atoms with van der Waals surface area (Å²) in [6.45, 7) is 0. The summed E-state index contributed by atoms with van der Waals surface area (Å²) < 4.78 is 9.62. The predicted molar refractivity (Wildman–Crippen MR) is 22.4 cm³/mol. The van der Waals surface area contributed by atoms with Crippen LogP contribution in [0.5, 0.6) is 0 Å². The maximum Gasteiger partial charge on any atom is 1.00 e. The minimum absolute atomic E-state index is 0. The van der Waals surface area contributed by atoms with Crippen molar-refractivity contribution in [1.29, 1.82) is 5.26 Å². The summed E-state index contributed by atoms with van der Waals surface area (Å²) in [7, 11) is -4.59. The van der Waals surface area contributed by atoms with Crippen LogP contribution in [0.3, 0.4) is 0 Å². The molecule has 0 radical (unpaired) electrons. The Morgan fingerprint density at radius 1 is 1.40 bits per heavy atom. The van der Waals surface area contributed by atoms with Crippen LogP contribution in [0.25, 0.3) is 0 Å². The molecule has 0 rings (SSSR count). The molecule has 44 valence electrons. The third-order valence-corrected chi connectivity index (χ3v) is 0.846. The summed E-state index contributed by atoms with van der Waals surface area (Å²) >= 11 is 0. The van der Waals surface area contributed by atoms with Gasteiger partial charge < -0.3 is 14.4 Å². The Kier molecular flexibility index (Phi) is 14.8.